The molecule has 34 heavy (non-hydrogen) atoms. The SMILES string of the molecule is COc1cccc([C@@H]2C[C@@H](C(F)(F)F)n3ncc(C(=O)Nc4ccc(OC)c(OC)c4)c3N2)c1. The highest BCUT2D eigenvalue weighted by molar-refractivity contribution is 6.07. The maximum Gasteiger partial charge on any atom is 0.410 e. The molecule has 0 unspecified atom stereocenters. The molecule has 11 heteroatoms. The third-order valence-electron chi connectivity index (χ3n) is 5.62. The summed E-state index contributed by atoms with van der Waals surface area (Å²) in [6.45, 7) is 0. The van der Waals surface area contributed by atoms with Gasteiger partial charge in [-0.15, -0.1) is 0 Å². The lowest BCUT2D eigenvalue weighted by atomic mass is 9.96. The molecule has 0 saturated carbocycles. The van der Waals surface area contributed by atoms with Gasteiger partial charge in [0.25, 0.3) is 5.91 Å². The van der Waals surface area contributed by atoms with Gasteiger partial charge >= 0.3 is 6.18 Å². The molecule has 3 aromatic rings. The summed E-state index contributed by atoms with van der Waals surface area (Å²) in [6, 6.07) is 8.94. The van der Waals surface area contributed by atoms with E-state index in [-0.39, 0.29) is 17.8 Å². The number of alkyl halides is 3. The van der Waals surface area contributed by atoms with Gasteiger partial charge in [-0.25, -0.2) is 4.68 Å². The second-order valence-corrected chi connectivity index (χ2v) is 7.64. The molecule has 2 N–H and O–H groups in total. The zero-order valence-electron chi connectivity index (χ0n) is 18.6. The first kappa shape index (κ1) is 23.3. The Balaban J connectivity index is 1.67. The molecule has 8 nitrogen and oxygen atoms in total. The highest BCUT2D eigenvalue weighted by Gasteiger charge is 2.47. The van der Waals surface area contributed by atoms with Crippen molar-refractivity contribution in [2.45, 2.75) is 24.7 Å². The van der Waals surface area contributed by atoms with Crippen molar-refractivity contribution < 1.29 is 32.2 Å². The molecule has 0 fully saturated rings. The molecule has 1 aromatic heterocycles. The molecule has 0 spiro atoms. The maximum absolute atomic E-state index is 13.9. The highest BCUT2D eigenvalue weighted by atomic mass is 19.4. The molecule has 0 saturated heterocycles. The first-order valence-corrected chi connectivity index (χ1v) is 10.3. The number of carbonyl (C=O) groups excluding carboxylic acids is 1. The lowest BCUT2D eigenvalue weighted by Gasteiger charge is -2.34. The Morgan fingerprint density at radius 1 is 1.09 bits per heavy atom. The molecule has 4 rings (SSSR count). The van der Waals surface area contributed by atoms with Crippen molar-refractivity contribution in [3.8, 4) is 17.2 Å². The lowest BCUT2D eigenvalue weighted by molar-refractivity contribution is -0.173. The van der Waals surface area contributed by atoms with Crippen LogP contribution in [0.2, 0.25) is 0 Å². The smallest absolute Gasteiger partial charge is 0.410 e. The van der Waals surface area contributed by atoms with E-state index >= 15 is 0 Å². The van der Waals surface area contributed by atoms with Gasteiger partial charge in [0.05, 0.1) is 33.6 Å². The summed E-state index contributed by atoms with van der Waals surface area (Å²) < 4.78 is 58.2. The molecular weight excluding hydrogens is 453 g/mol. The quantitative estimate of drug-likeness (QED) is 0.531. The maximum atomic E-state index is 13.9. The molecule has 2 heterocycles. The molecule has 180 valence electrons. The molecule has 1 aliphatic heterocycles. The minimum Gasteiger partial charge on any atom is -0.497 e. The van der Waals surface area contributed by atoms with E-state index in [0.717, 1.165) is 10.9 Å². The Morgan fingerprint density at radius 3 is 2.53 bits per heavy atom. The lowest BCUT2D eigenvalue weighted by Crippen LogP contribution is -2.36. The number of anilines is 2. The Kier molecular flexibility index (Phi) is 6.27. The number of aromatic nitrogens is 2. The summed E-state index contributed by atoms with van der Waals surface area (Å²) >= 11 is 0. The summed E-state index contributed by atoms with van der Waals surface area (Å²) in [6.07, 6.45) is -3.72. The number of nitrogens with one attached hydrogen (secondary N) is 2. The van der Waals surface area contributed by atoms with E-state index in [4.69, 9.17) is 14.2 Å². The number of hydrogen-bond donors (Lipinski definition) is 2. The van der Waals surface area contributed by atoms with Crippen molar-refractivity contribution in [2.24, 2.45) is 0 Å². The van der Waals surface area contributed by atoms with E-state index < -0.39 is 24.2 Å². The van der Waals surface area contributed by atoms with Gasteiger partial charge in [0.1, 0.15) is 17.1 Å². The Morgan fingerprint density at radius 2 is 1.85 bits per heavy atom. The van der Waals surface area contributed by atoms with Crippen molar-refractivity contribution in [2.75, 3.05) is 32.0 Å². The van der Waals surface area contributed by atoms with Gasteiger partial charge in [-0.3, -0.25) is 4.79 Å². The van der Waals surface area contributed by atoms with Crippen molar-refractivity contribution >= 4 is 17.4 Å². The average molecular weight is 476 g/mol. The number of amides is 1. The zero-order valence-corrected chi connectivity index (χ0v) is 18.6. The van der Waals surface area contributed by atoms with E-state index in [1.54, 1.807) is 42.5 Å². The van der Waals surface area contributed by atoms with Gasteiger partial charge in [-0.05, 0) is 29.8 Å². The molecule has 0 bridgehead atoms. The summed E-state index contributed by atoms with van der Waals surface area (Å²) in [5.41, 5.74) is 0.971. The van der Waals surface area contributed by atoms with Crippen LogP contribution in [0.15, 0.2) is 48.7 Å². The van der Waals surface area contributed by atoms with Gasteiger partial charge in [0, 0.05) is 18.2 Å². The number of ether oxygens (including phenoxy) is 3. The summed E-state index contributed by atoms with van der Waals surface area (Å²) in [7, 11) is 4.42. The average Bonchev–Trinajstić information content (AvgIpc) is 3.26. The van der Waals surface area contributed by atoms with Crippen LogP contribution < -0.4 is 24.8 Å². The second-order valence-electron chi connectivity index (χ2n) is 7.64. The summed E-state index contributed by atoms with van der Waals surface area (Å²) in [5, 5.41) is 9.63. The largest absolute Gasteiger partial charge is 0.497 e. The van der Waals surface area contributed by atoms with Gasteiger partial charge < -0.3 is 24.8 Å². The number of benzene rings is 2. The van der Waals surface area contributed by atoms with Gasteiger partial charge in [-0.2, -0.15) is 18.3 Å². The summed E-state index contributed by atoms with van der Waals surface area (Å²) in [5.74, 6) is 0.755. The van der Waals surface area contributed by atoms with E-state index in [1.807, 2.05) is 0 Å². The van der Waals surface area contributed by atoms with Crippen LogP contribution in [0.5, 0.6) is 17.2 Å². The van der Waals surface area contributed by atoms with Crippen molar-refractivity contribution in [1.29, 1.82) is 0 Å². The normalized spacial score (nSPS) is 17.4. The minimum absolute atomic E-state index is 0.0145. The van der Waals surface area contributed by atoms with E-state index in [2.05, 4.69) is 15.7 Å². The fourth-order valence-corrected chi connectivity index (χ4v) is 3.92. The number of halogens is 3. The number of hydrogen-bond acceptors (Lipinski definition) is 6. The third kappa shape index (κ3) is 4.45. The third-order valence-corrected chi connectivity index (χ3v) is 5.62. The Bertz CT molecular complexity index is 1200. The van der Waals surface area contributed by atoms with Crippen LogP contribution >= 0.6 is 0 Å². The van der Waals surface area contributed by atoms with Gasteiger partial charge in [0.2, 0.25) is 0 Å². The molecule has 2 aromatic carbocycles. The Hall–Kier alpha value is -3.89. The Labute approximate surface area is 193 Å². The number of rotatable bonds is 6. The van der Waals surface area contributed by atoms with E-state index in [1.165, 1.54) is 21.3 Å². The van der Waals surface area contributed by atoms with Crippen LogP contribution in [0.4, 0.5) is 24.7 Å². The number of carbonyl (C=O) groups is 1. The second kappa shape index (κ2) is 9.16. The number of methoxy groups -OCH3 is 3. The number of fused-ring (bicyclic) bond motifs is 1. The van der Waals surface area contributed by atoms with Crippen molar-refractivity contribution in [3.63, 3.8) is 0 Å². The topological polar surface area (TPSA) is 86.6 Å². The molecule has 2 atom stereocenters. The number of nitrogens with zero attached hydrogens (tertiary/aromatic N) is 2. The predicted molar refractivity (Wildman–Crippen MR) is 119 cm³/mol. The van der Waals surface area contributed by atoms with Crippen molar-refractivity contribution in [3.05, 3.63) is 59.8 Å². The van der Waals surface area contributed by atoms with Crippen LogP contribution in [0.3, 0.4) is 0 Å². The van der Waals surface area contributed by atoms with E-state index in [0.29, 0.717) is 28.5 Å². The van der Waals surface area contributed by atoms with Crippen molar-refractivity contribution in [1.82, 2.24) is 9.78 Å². The first-order chi connectivity index (χ1) is 16.2. The first-order valence-electron chi connectivity index (χ1n) is 10.3. The monoisotopic (exact) mass is 476 g/mol. The fourth-order valence-electron chi connectivity index (χ4n) is 3.92. The van der Waals surface area contributed by atoms with Crippen LogP contribution in [-0.2, 0) is 0 Å². The molecular formula is C23H23F3N4O4. The summed E-state index contributed by atoms with van der Waals surface area (Å²) in [4.78, 5) is 13.0. The predicted octanol–water partition coefficient (Wildman–Crippen LogP) is 4.82. The van der Waals surface area contributed by atoms with Crippen LogP contribution in [0.1, 0.15) is 34.4 Å². The van der Waals surface area contributed by atoms with Crippen LogP contribution in [0.25, 0.3) is 0 Å². The molecule has 0 aliphatic carbocycles. The van der Waals surface area contributed by atoms with Crippen LogP contribution in [-0.4, -0.2) is 43.2 Å². The molecule has 1 aliphatic rings. The highest BCUT2D eigenvalue weighted by Crippen LogP contribution is 2.44. The minimum atomic E-state index is -4.56. The standard InChI is InChI=1S/C23H23F3N4O4/c1-32-15-6-4-5-13(9-15)17-11-20(23(24,25)26)30-21(29-17)16(12-27-30)22(31)28-14-7-8-18(33-2)19(10-14)34-3/h4-10,12,17,20,29H,11H2,1-3H3,(H,28,31)/t17-,20-/m0/s1. The fraction of sp³-hybridized carbons (Fsp3) is 0.304. The van der Waals surface area contributed by atoms with Gasteiger partial charge in [-0.1, -0.05) is 12.1 Å². The zero-order chi connectivity index (χ0) is 24.5. The van der Waals surface area contributed by atoms with Gasteiger partial charge in [0.15, 0.2) is 17.5 Å². The molecule has 0 radical (unpaired) electrons. The molecule has 1 amide bonds. The van der Waals surface area contributed by atoms with Crippen LogP contribution in [0, 0.1) is 0 Å². The van der Waals surface area contributed by atoms with E-state index in [9.17, 15) is 18.0 Å².